The molecule has 1 saturated heterocycles. The van der Waals surface area contributed by atoms with Gasteiger partial charge in [-0.05, 0) is 19.4 Å². The summed E-state index contributed by atoms with van der Waals surface area (Å²) in [4.78, 5) is 12.0. The normalized spacial score (nSPS) is 27.8. The second kappa shape index (κ2) is 5.21. The van der Waals surface area contributed by atoms with Crippen LogP contribution in [-0.2, 0) is 20.0 Å². The van der Waals surface area contributed by atoms with Crippen molar-refractivity contribution in [1.29, 1.82) is 0 Å². The highest BCUT2D eigenvalue weighted by Gasteiger charge is 2.36. The summed E-state index contributed by atoms with van der Waals surface area (Å²) in [5.41, 5.74) is 1.08. The molecule has 0 radical (unpaired) electrons. The summed E-state index contributed by atoms with van der Waals surface area (Å²) in [6, 6.07) is 9.74. The lowest BCUT2D eigenvalue weighted by Crippen LogP contribution is -2.25. The van der Waals surface area contributed by atoms with E-state index in [4.69, 9.17) is 10.8 Å². The monoisotopic (exact) mass is 253 g/mol. The van der Waals surface area contributed by atoms with Gasteiger partial charge < -0.3 is 9.47 Å². The van der Waals surface area contributed by atoms with Crippen molar-refractivity contribution in [1.82, 2.24) is 0 Å². The molecule has 3 nitrogen and oxygen atoms in total. The van der Waals surface area contributed by atoms with E-state index in [2.05, 4.69) is 0 Å². The molecule has 0 saturated carbocycles. The maximum atomic E-state index is 12.0. The molecule has 0 spiro atoms. The van der Waals surface area contributed by atoms with E-state index in [0.29, 0.717) is 5.75 Å². The van der Waals surface area contributed by atoms with Gasteiger partial charge in [-0.15, -0.1) is 0 Å². The van der Waals surface area contributed by atoms with Crippen molar-refractivity contribution in [3.8, 4) is 0 Å². The number of hydrogen-bond acceptors (Lipinski definition) is 4. The molecule has 1 aromatic rings. The van der Waals surface area contributed by atoms with Gasteiger partial charge in [0.2, 0.25) is 5.12 Å². The molecule has 2 rings (SSSR count). The quantitative estimate of drug-likeness (QED) is 0.829. The first-order valence-corrected chi connectivity index (χ1v) is 6.45. The van der Waals surface area contributed by atoms with Crippen LogP contribution in [0.3, 0.4) is 0 Å². The zero-order chi connectivity index (χ0) is 13.2. The molecule has 0 bridgehead atoms. The Hall–Kier alpha value is -0.840. The van der Waals surface area contributed by atoms with Gasteiger partial charge in [0.1, 0.15) is 0 Å². The minimum atomic E-state index is -0.934. The average Bonchev–Trinajstić information content (AvgIpc) is 2.61. The van der Waals surface area contributed by atoms with Gasteiger partial charge in [0, 0.05) is 5.75 Å². The van der Waals surface area contributed by atoms with E-state index in [1.165, 1.54) is 11.8 Å². The topological polar surface area (TPSA) is 35.5 Å². The van der Waals surface area contributed by atoms with Gasteiger partial charge >= 0.3 is 0 Å². The van der Waals surface area contributed by atoms with Crippen LogP contribution in [-0.4, -0.2) is 23.6 Å². The number of benzene rings is 1. The minimum Gasteiger partial charge on any atom is -0.347 e. The van der Waals surface area contributed by atoms with Gasteiger partial charge in [-0.3, -0.25) is 4.79 Å². The molecule has 0 aromatic heterocycles. The van der Waals surface area contributed by atoms with Crippen LogP contribution < -0.4 is 0 Å². The third kappa shape index (κ3) is 3.56. The molecule has 2 atom stereocenters. The van der Waals surface area contributed by atoms with Crippen molar-refractivity contribution in [2.24, 2.45) is 0 Å². The van der Waals surface area contributed by atoms with E-state index in [1.54, 1.807) is 13.8 Å². The number of ether oxygens (including phenoxy) is 2. The van der Waals surface area contributed by atoms with Gasteiger partial charge in [-0.25, -0.2) is 0 Å². The average molecular weight is 253 g/mol. The lowest BCUT2D eigenvalue weighted by Gasteiger charge is -2.16. The van der Waals surface area contributed by atoms with Crippen LogP contribution in [0.25, 0.3) is 0 Å². The molecule has 0 unspecified atom stereocenters. The number of carbonyl (C=O) groups is 1. The predicted molar refractivity (Wildman–Crippen MR) is 67.6 cm³/mol. The van der Waals surface area contributed by atoms with Crippen LogP contribution in [0, 0.1) is 0 Å². The van der Waals surface area contributed by atoms with Gasteiger partial charge in [-0.2, -0.15) is 0 Å². The molecule has 1 aliphatic heterocycles. The summed E-state index contributed by atoms with van der Waals surface area (Å²) in [5, 5.41) is -0.149. The van der Waals surface area contributed by atoms with Crippen molar-refractivity contribution < 1.29 is 15.6 Å². The molecule has 0 amide bonds. The second-order valence-corrected chi connectivity index (χ2v) is 5.27. The maximum Gasteiger partial charge on any atom is 0.220 e. The summed E-state index contributed by atoms with van der Waals surface area (Å²) in [6.07, 6.45) is -0.797. The molecule has 1 aromatic carbocycles. The molecule has 4 heteroatoms. The van der Waals surface area contributed by atoms with Gasteiger partial charge in [-0.1, -0.05) is 42.1 Å². The van der Waals surface area contributed by atoms with Crippen molar-refractivity contribution in [3.05, 3.63) is 35.9 Å². The highest BCUT2D eigenvalue weighted by molar-refractivity contribution is 8.13. The van der Waals surface area contributed by atoms with Crippen molar-refractivity contribution in [3.63, 3.8) is 0 Å². The Labute approximate surface area is 107 Å². The van der Waals surface area contributed by atoms with Crippen molar-refractivity contribution in [2.45, 2.75) is 31.5 Å². The highest BCUT2D eigenvalue weighted by atomic mass is 32.2. The Morgan fingerprint density at radius 1 is 1.53 bits per heavy atom. The molecule has 1 aliphatic rings. The van der Waals surface area contributed by atoms with E-state index in [9.17, 15) is 4.79 Å². The van der Waals surface area contributed by atoms with Crippen molar-refractivity contribution >= 4 is 16.9 Å². The first kappa shape index (κ1) is 11.3. The van der Waals surface area contributed by atoms with E-state index in [0.717, 1.165) is 5.56 Å². The smallest absolute Gasteiger partial charge is 0.220 e. The lowest BCUT2D eigenvalue weighted by atomic mass is 10.2. The van der Waals surface area contributed by atoms with Crippen LogP contribution in [0.1, 0.15) is 20.8 Å². The third-order valence-electron chi connectivity index (χ3n) is 2.34. The molecular weight excluding hydrogens is 236 g/mol. The first-order valence-electron chi connectivity index (χ1n) is 6.04. The Balaban J connectivity index is 1.89. The summed E-state index contributed by atoms with van der Waals surface area (Å²) >= 11 is 1.17. The zero-order valence-corrected chi connectivity index (χ0v) is 10.7. The predicted octanol–water partition coefficient (Wildman–Crippen LogP) is 2.60. The number of thioether (sulfide) groups is 1. The minimum absolute atomic E-state index is 0.149. The van der Waals surface area contributed by atoms with Crippen molar-refractivity contribution in [2.75, 3.05) is 6.58 Å². The number of hydrogen-bond donors (Lipinski definition) is 0. The molecular formula is C13H16O3S. The largest absolute Gasteiger partial charge is 0.347 e. The van der Waals surface area contributed by atoms with Gasteiger partial charge in [0.25, 0.3) is 0 Å². The fraction of sp³-hybridized carbons (Fsp3) is 0.462. The zero-order valence-electron chi connectivity index (χ0n) is 10.9. The van der Waals surface area contributed by atoms with Crippen LogP contribution in [0.4, 0.5) is 0 Å². The maximum absolute atomic E-state index is 12.0. The van der Waals surface area contributed by atoms with Crippen LogP contribution in [0.5, 0.6) is 0 Å². The molecule has 17 heavy (non-hydrogen) atoms. The second-order valence-electron chi connectivity index (χ2n) is 4.29. The standard InChI is InChI=1S/C13H16O3S/c1-13(2)15-8-11(16-13)12(14)17-9-10-6-4-3-5-7-10/h3-7,11H,8-9H2,1-2H3/t11-/m1/s1/i8D/t8-,11+/m0. The van der Waals surface area contributed by atoms with Gasteiger partial charge in [0.15, 0.2) is 11.9 Å². The van der Waals surface area contributed by atoms with E-state index in [1.807, 2.05) is 30.3 Å². The fourth-order valence-corrected chi connectivity index (χ4v) is 2.27. The van der Waals surface area contributed by atoms with Crippen LogP contribution in [0.15, 0.2) is 30.3 Å². The summed E-state index contributed by atoms with van der Waals surface area (Å²) < 4.78 is 18.4. The van der Waals surface area contributed by atoms with Crippen LogP contribution in [0.2, 0.25) is 0 Å². The van der Waals surface area contributed by atoms with E-state index < -0.39 is 18.5 Å². The third-order valence-corrected chi connectivity index (χ3v) is 3.34. The summed E-state index contributed by atoms with van der Waals surface area (Å²) in [5.74, 6) is -0.257. The Morgan fingerprint density at radius 3 is 2.82 bits per heavy atom. The lowest BCUT2D eigenvalue weighted by molar-refractivity contribution is -0.147. The number of carbonyl (C=O) groups excluding carboxylic acids is 1. The molecule has 0 aliphatic carbocycles. The molecule has 0 N–H and O–H groups in total. The first-order chi connectivity index (χ1) is 8.48. The van der Waals surface area contributed by atoms with Gasteiger partial charge in [0.05, 0.1) is 7.95 Å². The molecule has 1 fully saturated rings. The van der Waals surface area contributed by atoms with E-state index >= 15 is 0 Å². The Morgan fingerprint density at radius 2 is 2.24 bits per heavy atom. The molecule has 1 heterocycles. The van der Waals surface area contributed by atoms with Crippen LogP contribution >= 0.6 is 11.8 Å². The fourth-order valence-electron chi connectivity index (χ4n) is 1.50. The highest BCUT2D eigenvalue weighted by Crippen LogP contribution is 2.26. The summed E-state index contributed by atoms with van der Waals surface area (Å²) in [6.45, 7) is 2.49. The summed E-state index contributed by atoms with van der Waals surface area (Å²) in [7, 11) is 0. The Bertz CT molecular complexity index is 422. The number of rotatable bonds is 3. The Kier molecular flexibility index (Phi) is 3.45. The molecule has 92 valence electrons. The SMILES string of the molecule is [2H][C@@H]1OC(C)(C)O[C@H]1C(=O)SCc1ccccc1. The van der Waals surface area contributed by atoms with E-state index in [-0.39, 0.29) is 5.12 Å².